The molecule has 0 saturated heterocycles. The van der Waals surface area contributed by atoms with E-state index in [2.05, 4.69) is 13.2 Å². The van der Waals surface area contributed by atoms with E-state index in [1.807, 2.05) is 68.7 Å². The lowest BCUT2D eigenvalue weighted by molar-refractivity contribution is 0.0797. The van der Waals surface area contributed by atoms with Crippen molar-refractivity contribution in [3.8, 4) is 23.0 Å². The third-order valence-corrected chi connectivity index (χ3v) is 9.87. The van der Waals surface area contributed by atoms with Crippen LogP contribution in [0.25, 0.3) is 5.57 Å². The predicted molar refractivity (Wildman–Crippen MR) is 200 cm³/mol. The summed E-state index contributed by atoms with van der Waals surface area (Å²) in [7, 11) is 3.13. The summed E-state index contributed by atoms with van der Waals surface area (Å²) in [6, 6.07) is 14.6. The SMILES string of the molecule is C=CC1CC(c2ccc(N)cc2)=CN1C(=O)c1cc(OC)c(OCCCOc2cc(C)c(C(=O)N3C=C(C4CC4)CC3C=C)cc2OC)cc1C. The number of ether oxygens (including phenoxy) is 4. The monoisotopic (exact) mass is 689 g/mol. The number of carbonyl (C=O) groups is 2. The lowest BCUT2D eigenvalue weighted by Gasteiger charge is -2.23. The minimum atomic E-state index is -0.169. The Morgan fingerprint density at radius 3 is 1.76 bits per heavy atom. The van der Waals surface area contributed by atoms with Crippen LogP contribution in [-0.2, 0) is 0 Å². The van der Waals surface area contributed by atoms with Crippen molar-refractivity contribution >= 4 is 23.1 Å². The number of anilines is 1. The maximum absolute atomic E-state index is 13.8. The molecule has 3 aliphatic rings. The number of aryl methyl sites for hydroxylation is 2. The number of nitrogens with zero attached hydrogens (tertiary/aromatic N) is 2. The highest BCUT2D eigenvalue weighted by Crippen LogP contribution is 2.43. The molecule has 1 saturated carbocycles. The summed E-state index contributed by atoms with van der Waals surface area (Å²) in [5.41, 5.74) is 12.6. The molecule has 2 atom stereocenters. The molecular weight excluding hydrogens is 642 g/mol. The number of amides is 2. The first-order valence-electron chi connectivity index (χ1n) is 17.5. The largest absolute Gasteiger partial charge is 0.493 e. The van der Waals surface area contributed by atoms with Gasteiger partial charge in [0.25, 0.3) is 11.8 Å². The van der Waals surface area contributed by atoms with E-state index in [4.69, 9.17) is 24.7 Å². The number of methoxy groups -OCH3 is 2. The first-order valence-corrected chi connectivity index (χ1v) is 17.5. The van der Waals surface area contributed by atoms with Crippen molar-refractivity contribution in [2.24, 2.45) is 5.92 Å². The standard InChI is InChI=1S/C42H47N3O6/c1-7-33-20-30(28-10-11-28)24-44(33)41(46)35-22-37(48-5)39(18-26(35)3)50-16-9-17-51-40-19-27(4)36(23-38(40)49-6)42(47)45-25-31(21-34(45)8-2)29-12-14-32(43)15-13-29/h7-8,12-15,18-19,22-25,28,33-34H,1-2,9-11,16-17,20-21,43H2,3-6H3. The highest BCUT2D eigenvalue weighted by atomic mass is 16.5. The van der Waals surface area contributed by atoms with Gasteiger partial charge in [-0.05, 0) is 110 Å². The van der Waals surface area contributed by atoms with Gasteiger partial charge in [0, 0.05) is 35.6 Å². The number of benzene rings is 3. The summed E-state index contributed by atoms with van der Waals surface area (Å²) in [5.74, 6) is 2.47. The molecule has 2 aliphatic heterocycles. The van der Waals surface area contributed by atoms with E-state index in [1.54, 1.807) is 42.2 Å². The molecule has 2 unspecified atom stereocenters. The molecule has 0 radical (unpaired) electrons. The third-order valence-electron chi connectivity index (χ3n) is 9.87. The lowest BCUT2D eigenvalue weighted by Crippen LogP contribution is -2.31. The fourth-order valence-corrected chi connectivity index (χ4v) is 6.76. The van der Waals surface area contributed by atoms with Gasteiger partial charge in [0.05, 0.1) is 39.5 Å². The Hall–Kier alpha value is -5.44. The molecule has 3 aromatic carbocycles. The van der Waals surface area contributed by atoms with Crippen LogP contribution in [0.15, 0.2) is 91.8 Å². The summed E-state index contributed by atoms with van der Waals surface area (Å²) < 4.78 is 23.5. The van der Waals surface area contributed by atoms with Gasteiger partial charge >= 0.3 is 0 Å². The van der Waals surface area contributed by atoms with E-state index in [0.717, 1.165) is 28.7 Å². The number of nitrogens with two attached hydrogens (primary N) is 1. The zero-order chi connectivity index (χ0) is 36.2. The zero-order valence-electron chi connectivity index (χ0n) is 29.9. The molecule has 2 heterocycles. The van der Waals surface area contributed by atoms with Crippen molar-refractivity contribution in [3.05, 3.63) is 120 Å². The maximum atomic E-state index is 13.8. The first kappa shape index (κ1) is 35.4. The Bertz CT molecular complexity index is 1890. The van der Waals surface area contributed by atoms with Crippen molar-refractivity contribution in [1.82, 2.24) is 9.80 Å². The van der Waals surface area contributed by atoms with Crippen molar-refractivity contribution in [2.45, 2.75) is 58.0 Å². The van der Waals surface area contributed by atoms with Gasteiger partial charge in [-0.15, -0.1) is 13.2 Å². The number of hydrogen-bond acceptors (Lipinski definition) is 7. The first-order chi connectivity index (χ1) is 24.6. The van der Waals surface area contributed by atoms with Crippen LogP contribution in [0.5, 0.6) is 23.0 Å². The Morgan fingerprint density at radius 1 is 0.765 bits per heavy atom. The fraction of sp³-hybridized carbons (Fsp3) is 0.333. The van der Waals surface area contributed by atoms with E-state index >= 15 is 0 Å². The smallest absolute Gasteiger partial charge is 0.258 e. The van der Waals surface area contributed by atoms with Crippen molar-refractivity contribution in [2.75, 3.05) is 33.2 Å². The zero-order valence-corrected chi connectivity index (χ0v) is 29.9. The normalized spacial score (nSPS) is 18.2. The second-order valence-corrected chi connectivity index (χ2v) is 13.4. The van der Waals surface area contributed by atoms with Crippen molar-refractivity contribution in [1.29, 1.82) is 0 Å². The quantitative estimate of drug-likeness (QED) is 0.104. The van der Waals surface area contributed by atoms with Crippen LogP contribution < -0.4 is 24.7 Å². The summed E-state index contributed by atoms with van der Waals surface area (Å²) in [4.78, 5) is 31.0. The second kappa shape index (κ2) is 15.2. The molecule has 9 nitrogen and oxygen atoms in total. The van der Waals surface area contributed by atoms with Gasteiger partial charge in [-0.1, -0.05) is 24.3 Å². The molecule has 266 valence electrons. The minimum Gasteiger partial charge on any atom is -0.493 e. The second-order valence-electron chi connectivity index (χ2n) is 13.4. The van der Waals surface area contributed by atoms with Crippen LogP contribution in [0.4, 0.5) is 5.69 Å². The molecule has 0 bridgehead atoms. The van der Waals surface area contributed by atoms with Crippen LogP contribution in [0, 0.1) is 19.8 Å². The Labute approximate surface area is 300 Å². The third kappa shape index (κ3) is 7.53. The molecule has 1 fully saturated rings. The van der Waals surface area contributed by atoms with E-state index in [0.29, 0.717) is 71.8 Å². The lowest BCUT2D eigenvalue weighted by atomic mass is 10.0. The number of carbonyl (C=O) groups excluding carboxylic acids is 2. The van der Waals surface area contributed by atoms with E-state index < -0.39 is 0 Å². The summed E-state index contributed by atoms with van der Waals surface area (Å²) in [6.45, 7) is 12.5. The molecule has 3 aromatic rings. The van der Waals surface area contributed by atoms with Crippen molar-refractivity contribution < 1.29 is 28.5 Å². The van der Waals surface area contributed by atoms with Crippen LogP contribution in [0.2, 0.25) is 0 Å². The molecule has 9 heteroatoms. The van der Waals surface area contributed by atoms with Crippen LogP contribution >= 0.6 is 0 Å². The van der Waals surface area contributed by atoms with Crippen LogP contribution in [0.1, 0.15) is 69.5 Å². The molecule has 6 rings (SSSR count). The van der Waals surface area contributed by atoms with E-state index in [9.17, 15) is 9.59 Å². The maximum Gasteiger partial charge on any atom is 0.258 e. The Morgan fingerprint density at radius 2 is 1.27 bits per heavy atom. The van der Waals surface area contributed by atoms with E-state index in [-0.39, 0.29) is 23.9 Å². The van der Waals surface area contributed by atoms with E-state index in [1.165, 1.54) is 18.4 Å². The predicted octanol–water partition coefficient (Wildman–Crippen LogP) is 7.89. The summed E-state index contributed by atoms with van der Waals surface area (Å²) >= 11 is 0. The fourth-order valence-electron chi connectivity index (χ4n) is 6.76. The van der Waals surface area contributed by atoms with Gasteiger partial charge in [0.15, 0.2) is 23.0 Å². The highest BCUT2D eigenvalue weighted by Gasteiger charge is 2.36. The topological polar surface area (TPSA) is 104 Å². The average Bonchev–Trinajstić information content (AvgIpc) is 3.75. The summed E-state index contributed by atoms with van der Waals surface area (Å²) in [5, 5.41) is 0. The number of nitrogen functional groups attached to an aromatic ring is 1. The molecule has 2 amide bonds. The Kier molecular flexibility index (Phi) is 10.6. The molecule has 1 aliphatic carbocycles. The van der Waals surface area contributed by atoms with Gasteiger partial charge in [0.1, 0.15) is 0 Å². The average molecular weight is 690 g/mol. The molecule has 0 aromatic heterocycles. The molecule has 51 heavy (non-hydrogen) atoms. The van der Waals surface area contributed by atoms with Crippen LogP contribution in [0.3, 0.4) is 0 Å². The molecule has 2 N–H and O–H groups in total. The summed E-state index contributed by atoms with van der Waals surface area (Å²) in [6.07, 6.45) is 12.1. The van der Waals surface area contributed by atoms with Crippen molar-refractivity contribution in [3.63, 3.8) is 0 Å². The van der Waals surface area contributed by atoms with Gasteiger partial charge in [-0.25, -0.2) is 0 Å². The van der Waals surface area contributed by atoms with Gasteiger partial charge in [-0.3, -0.25) is 9.59 Å². The minimum absolute atomic E-state index is 0.0328. The highest BCUT2D eigenvalue weighted by molar-refractivity contribution is 5.99. The van der Waals surface area contributed by atoms with Gasteiger partial charge < -0.3 is 34.5 Å². The number of hydrogen-bond donors (Lipinski definition) is 1. The van der Waals surface area contributed by atoms with Crippen LogP contribution in [-0.4, -0.2) is 61.1 Å². The van der Waals surface area contributed by atoms with Gasteiger partial charge in [-0.2, -0.15) is 0 Å². The van der Waals surface area contributed by atoms with Gasteiger partial charge in [0.2, 0.25) is 0 Å². The molecule has 0 spiro atoms. The number of rotatable bonds is 14. The molecular formula is C42H47N3O6. The Balaban J connectivity index is 1.07.